The maximum atomic E-state index is 11.2. The summed E-state index contributed by atoms with van der Waals surface area (Å²) in [4.78, 5) is 11.2. The Morgan fingerprint density at radius 1 is 1.16 bits per heavy atom. The molecule has 0 saturated heterocycles. The number of carbonyl (C=O) groups excluding carboxylic acids is 1. The highest BCUT2D eigenvalue weighted by Gasteiger charge is 2.07. The van der Waals surface area contributed by atoms with Crippen molar-refractivity contribution in [3.63, 3.8) is 0 Å². The third-order valence-corrected chi connectivity index (χ3v) is 2.80. The number of carbonyl (C=O) groups is 1. The molecule has 0 amide bonds. The third kappa shape index (κ3) is 13.4. The molecule has 0 unspecified atom stereocenters. The van der Waals surface area contributed by atoms with E-state index in [4.69, 9.17) is 14.9 Å². The summed E-state index contributed by atoms with van der Waals surface area (Å²) < 4.78 is 4.81. The number of esters is 1. The first-order chi connectivity index (χ1) is 9.20. The number of hydrogen-bond acceptors (Lipinski definition) is 4. The Morgan fingerprint density at radius 2 is 1.84 bits per heavy atom. The number of rotatable bonds is 12. The van der Waals surface area contributed by atoms with Crippen LogP contribution in [-0.2, 0) is 9.53 Å². The second-order valence-electron chi connectivity index (χ2n) is 4.71. The minimum Gasteiger partial charge on any atom is -0.463 e. The first kappa shape index (κ1) is 18.1. The van der Waals surface area contributed by atoms with E-state index in [-0.39, 0.29) is 19.2 Å². The van der Waals surface area contributed by atoms with E-state index in [2.05, 4.69) is 19.1 Å². The fourth-order valence-corrected chi connectivity index (χ4v) is 1.66. The van der Waals surface area contributed by atoms with Crippen molar-refractivity contribution in [3.8, 4) is 0 Å². The highest BCUT2D eigenvalue weighted by atomic mass is 16.5. The zero-order valence-corrected chi connectivity index (χ0v) is 12.0. The van der Waals surface area contributed by atoms with E-state index >= 15 is 0 Å². The molecule has 0 bridgehead atoms. The zero-order chi connectivity index (χ0) is 14.3. The van der Waals surface area contributed by atoms with Gasteiger partial charge >= 0.3 is 5.97 Å². The van der Waals surface area contributed by atoms with E-state index in [1.54, 1.807) is 0 Å². The van der Waals surface area contributed by atoms with Crippen LogP contribution in [-0.4, -0.2) is 35.5 Å². The Labute approximate surface area is 116 Å². The van der Waals surface area contributed by atoms with E-state index < -0.39 is 6.10 Å². The molecule has 0 aliphatic carbocycles. The van der Waals surface area contributed by atoms with Crippen molar-refractivity contribution in [2.24, 2.45) is 0 Å². The topological polar surface area (TPSA) is 66.8 Å². The van der Waals surface area contributed by atoms with Crippen molar-refractivity contribution in [2.45, 2.75) is 64.4 Å². The van der Waals surface area contributed by atoms with Crippen LogP contribution in [0.5, 0.6) is 0 Å². The van der Waals surface area contributed by atoms with Gasteiger partial charge in [-0.15, -0.1) is 0 Å². The lowest BCUT2D eigenvalue weighted by atomic mass is 10.1. The Hall–Kier alpha value is -0.870. The minimum atomic E-state index is -0.958. The molecule has 0 aliphatic heterocycles. The molecule has 0 aromatic carbocycles. The smallest absolute Gasteiger partial charge is 0.305 e. The summed E-state index contributed by atoms with van der Waals surface area (Å²) in [5.41, 5.74) is 0. The van der Waals surface area contributed by atoms with Gasteiger partial charge in [-0.25, -0.2) is 0 Å². The summed E-state index contributed by atoms with van der Waals surface area (Å²) in [6, 6.07) is 0. The molecule has 4 heteroatoms. The number of aliphatic hydroxyl groups excluding tert-OH is 2. The van der Waals surface area contributed by atoms with Crippen LogP contribution < -0.4 is 0 Å². The number of hydrogen-bond donors (Lipinski definition) is 2. The van der Waals surface area contributed by atoms with Crippen molar-refractivity contribution >= 4 is 5.97 Å². The summed E-state index contributed by atoms with van der Waals surface area (Å²) in [6.07, 6.45) is 11.5. The second-order valence-corrected chi connectivity index (χ2v) is 4.71. The summed E-state index contributed by atoms with van der Waals surface area (Å²) in [7, 11) is 0. The Morgan fingerprint density at radius 3 is 2.53 bits per heavy atom. The van der Waals surface area contributed by atoms with Gasteiger partial charge in [-0.05, 0) is 25.7 Å². The molecule has 0 fully saturated rings. The van der Waals surface area contributed by atoms with Gasteiger partial charge in [0, 0.05) is 6.42 Å². The van der Waals surface area contributed by atoms with Crippen LogP contribution in [0.4, 0.5) is 0 Å². The summed E-state index contributed by atoms with van der Waals surface area (Å²) >= 11 is 0. The SMILES string of the molecule is CC/C=C/CCCCCCCC(=O)OC[C@@H](O)CO. The van der Waals surface area contributed by atoms with Crippen molar-refractivity contribution in [1.29, 1.82) is 0 Å². The van der Waals surface area contributed by atoms with Crippen LogP contribution >= 0.6 is 0 Å². The molecule has 0 saturated carbocycles. The summed E-state index contributed by atoms with van der Waals surface area (Å²) in [5.74, 6) is -0.293. The first-order valence-electron chi connectivity index (χ1n) is 7.30. The molecule has 0 aromatic rings. The molecule has 19 heavy (non-hydrogen) atoms. The fraction of sp³-hybridized carbons (Fsp3) is 0.800. The van der Waals surface area contributed by atoms with Crippen LogP contribution in [0.2, 0.25) is 0 Å². The van der Waals surface area contributed by atoms with Gasteiger partial charge in [0.1, 0.15) is 12.7 Å². The van der Waals surface area contributed by atoms with Gasteiger partial charge < -0.3 is 14.9 Å². The molecule has 0 rings (SSSR count). The Bertz CT molecular complexity index is 238. The largest absolute Gasteiger partial charge is 0.463 e. The van der Waals surface area contributed by atoms with Crippen LogP contribution in [0.25, 0.3) is 0 Å². The summed E-state index contributed by atoms with van der Waals surface area (Å²) in [5, 5.41) is 17.6. The molecule has 0 aromatic heterocycles. The number of allylic oxidation sites excluding steroid dienone is 2. The monoisotopic (exact) mass is 272 g/mol. The zero-order valence-electron chi connectivity index (χ0n) is 12.0. The van der Waals surface area contributed by atoms with Crippen molar-refractivity contribution in [2.75, 3.05) is 13.2 Å². The molecule has 112 valence electrons. The first-order valence-corrected chi connectivity index (χ1v) is 7.30. The molecule has 1 atom stereocenters. The van der Waals surface area contributed by atoms with Crippen LogP contribution in [0.3, 0.4) is 0 Å². The lowest BCUT2D eigenvalue weighted by molar-refractivity contribution is -0.147. The summed E-state index contributed by atoms with van der Waals surface area (Å²) in [6.45, 7) is 1.65. The minimum absolute atomic E-state index is 0.112. The second kappa shape index (κ2) is 13.6. The van der Waals surface area contributed by atoms with E-state index in [1.807, 2.05) is 0 Å². The predicted octanol–water partition coefficient (Wildman–Crippen LogP) is 2.58. The molecule has 0 aliphatic rings. The lowest BCUT2D eigenvalue weighted by Gasteiger charge is -2.08. The highest BCUT2D eigenvalue weighted by molar-refractivity contribution is 5.69. The highest BCUT2D eigenvalue weighted by Crippen LogP contribution is 2.08. The van der Waals surface area contributed by atoms with Crippen LogP contribution in [0.15, 0.2) is 12.2 Å². The van der Waals surface area contributed by atoms with E-state index in [9.17, 15) is 4.79 Å². The van der Waals surface area contributed by atoms with E-state index in [0.29, 0.717) is 6.42 Å². The third-order valence-electron chi connectivity index (χ3n) is 2.80. The Balaban J connectivity index is 3.25. The predicted molar refractivity (Wildman–Crippen MR) is 75.8 cm³/mol. The van der Waals surface area contributed by atoms with Crippen molar-refractivity contribution in [1.82, 2.24) is 0 Å². The maximum absolute atomic E-state index is 11.2. The van der Waals surface area contributed by atoms with Gasteiger partial charge in [0.2, 0.25) is 0 Å². The van der Waals surface area contributed by atoms with Gasteiger partial charge in [-0.1, -0.05) is 38.3 Å². The van der Waals surface area contributed by atoms with Gasteiger partial charge in [-0.2, -0.15) is 0 Å². The molecule has 2 N–H and O–H groups in total. The van der Waals surface area contributed by atoms with E-state index in [0.717, 1.165) is 32.1 Å². The average molecular weight is 272 g/mol. The standard InChI is InChI=1S/C15H28O4/c1-2-3-4-5-6-7-8-9-10-11-15(18)19-13-14(17)12-16/h3-4,14,16-17H,2,5-13H2,1H3/b4-3+/t14-/m0/s1. The van der Waals surface area contributed by atoms with Crippen molar-refractivity contribution < 1.29 is 19.7 Å². The number of ether oxygens (including phenoxy) is 1. The number of aliphatic hydroxyl groups is 2. The molecule has 4 nitrogen and oxygen atoms in total. The van der Waals surface area contributed by atoms with Gasteiger partial charge in [0.25, 0.3) is 0 Å². The number of unbranched alkanes of at least 4 members (excludes halogenated alkanes) is 5. The molecule has 0 spiro atoms. The van der Waals surface area contributed by atoms with Crippen molar-refractivity contribution in [3.05, 3.63) is 12.2 Å². The quantitative estimate of drug-likeness (QED) is 0.325. The normalized spacial score (nSPS) is 12.8. The average Bonchev–Trinajstić information content (AvgIpc) is 2.42. The van der Waals surface area contributed by atoms with E-state index in [1.165, 1.54) is 12.8 Å². The maximum Gasteiger partial charge on any atom is 0.305 e. The van der Waals surface area contributed by atoms with Gasteiger partial charge in [0.05, 0.1) is 6.61 Å². The fourth-order valence-electron chi connectivity index (χ4n) is 1.66. The lowest BCUT2D eigenvalue weighted by Crippen LogP contribution is -2.21. The Kier molecular flexibility index (Phi) is 12.9. The van der Waals surface area contributed by atoms with Gasteiger partial charge in [-0.3, -0.25) is 4.79 Å². The van der Waals surface area contributed by atoms with Crippen LogP contribution in [0.1, 0.15) is 58.3 Å². The molecular formula is C15H28O4. The molecular weight excluding hydrogens is 244 g/mol. The van der Waals surface area contributed by atoms with Crippen LogP contribution in [0, 0.1) is 0 Å². The molecule has 0 heterocycles. The van der Waals surface area contributed by atoms with Gasteiger partial charge in [0.15, 0.2) is 0 Å². The molecule has 0 radical (unpaired) electrons.